The molecule has 2 aromatic carbocycles. The molecule has 6 heteroatoms. The van der Waals surface area contributed by atoms with E-state index in [1.165, 1.54) is 0 Å². The summed E-state index contributed by atoms with van der Waals surface area (Å²) in [6.45, 7) is 3.93. The summed E-state index contributed by atoms with van der Waals surface area (Å²) >= 11 is 6.07. The third kappa shape index (κ3) is 5.06. The summed E-state index contributed by atoms with van der Waals surface area (Å²) in [5.41, 5.74) is 5.65. The first kappa shape index (κ1) is 21.8. The SMILES string of the molecule is Cc1cc(CC(=O)Cc2ccc(Oc3ccnc(-c4cnn(C)c4)c3C)cc2)ccc1Cl. The molecular weight excluding hydrogens is 422 g/mol. The molecule has 0 spiro atoms. The highest BCUT2D eigenvalue weighted by Crippen LogP contribution is 2.31. The van der Waals surface area contributed by atoms with Crippen LogP contribution in [0.2, 0.25) is 5.02 Å². The van der Waals surface area contributed by atoms with Crippen molar-refractivity contribution >= 4 is 17.4 Å². The number of aromatic nitrogens is 3. The Labute approximate surface area is 192 Å². The van der Waals surface area contributed by atoms with Crippen LogP contribution in [0.5, 0.6) is 11.5 Å². The first-order chi connectivity index (χ1) is 15.4. The fraction of sp³-hybridized carbons (Fsp3) is 0.192. The fourth-order valence-electron chi connectivity index (χ4n) is 3.60. The molecule has 4 aromatic rings. The van der Waals surface area contributed by atoms with Gasteiger partial charge in [-0.25, -0.2) is 0 Å². The normalized spacial score (nSPS) is 10.9. The third-order valence-electron chi connectivity index (χ3n) is 5.31. The lowest BCUT2D eigenvalue weighted by atomic mass is 10.0. The largest absolute Gasteiger partial charge is 0.457 e. The van der Waals surface area contributed by atoms with E-state index < -0.39 is 0 Å². The number of hydrogen-bond donors (Lipinski definition) is 0. The van der Waals surface area contributed by atoms with Gasteiger partial charge in [0.2, 0.25) is 0 Å². The molecular formula is C26H24ClN3O2. The van der Waals surface area contributed by atoms with Crippen LogP contribution in [0, 0.1) is 13.8 Å². The second kappa shape index (κ2) is 9.37. The van der Waals surface area contributed by atoms with Crippen LogP contribution in [0.25, 0.3) is 11.3 Å². The van der Waals surface area contributed by atoms with Crippen LogP contribution in [0.1, 0.15) is 22.3 Å². The quantitative estimate of drug-likeness (QED) is 0.355. The van der Waals surface area contributed by atoms with Crippen LogP contribution >= 0.6 is 11.6 Å². The van der Waals surface area contributed by atoms with Crippen molar-refractivity contribution in [2.75, 3.05) is 0 Å². The molecule has 0 bridgehead atoms. The van der Waals surface area contributed by atoms with Crippen LogP contribution in [0.15, 0.2) is 67.1 Å². The molecule has 32 heavy (non-hydrogen) atoms. The van der Waals surface area contributed by atoms with Crippen molar-refractivity contribution in [3.8, 4) is 22.8 Å². The molecule has 4 rings (SSSR count). The number of pyridine rings is 1. The first-order valence-corrected chi connectivity index (χ1v) is 10.7. The van der Waals surface area contributed by atoms with E-state index in [2.05, 4.69) is 10.1 Å². The third-order valence-corrected chi connectivity index (χ3v) is 5.73. The van der Waals surface area contributed by atoms with E-state index in [9.17, 15) is 4.79 Å². The van der Waals surface area contributed by atoms with Gasteiger partial charge in [0.1, 0.15) is 17.3 Å². The van der Waals surface area contributed by atoms with Gasteiger partial charge in [-0.1, -0.05) is 35.9 Å². The minimum atomic E-state index is 0.159. The summed E-state index contributed by atoms with van der Waals surface area (Å²) < 4.78 is 7.84. The zero-order chi connectivity index (χ0) is 22.7. The standard InChI is InChI=1S/C26H24ClN3O2/c1-17-12-20(6-9-24(17)27)14-22(31)13-19-4-7-23(8-5-19)32-25-10-11-28-26(18(25)2)21-15-29-30(3)16-21/h4-12,15-16H,13-14H2,1-3H3. The van der Waals surface area contributed by atoms with Crippen molar-refractivity contribution in [1.82, 2.24) is 14.8 Å². The van der Waals surface area contributed by atoms with Crippen LogP contribution in [-0.4, -0.2) is 20.5 Å². The van der Waals surface area contributed by atoms with E-state index in [1.807, 2.05) is 75.6 Å². The van der Waals surface area contributed by atoms with Crippen molar-refractivity contribution in [3.05, 3.63) is 94.4 Å². The molecule has 0 amide bonds. The summed E-state index contributed by atoms with van der Waals surface area (Å²) in [5.74, 6) is 1.60. The van der Waals surface area contributed by atoms with Gasteiger partial charge in [-0.15, -0.1) is 0 Å². The number of Topliss-reactive ketones (excluding diaryl/α,β-unsaturated/α-hetero) is 1. The molecule has 0 saturated carbocycles. The number of rotatable bonds is 7. The van der Waals surface area contributed by atoms with Gasteiger partial charge in [-0.2, -0.15) is 5.10 Å². The number of carbonyl (C=O) groups excluding carboxylic acids is 1. The lowest BCUT2D eigenvalue weighted by Gasteiger charge is -2.11. The van der Waals surface area contributed by atoms with Crippen molar-refractivity contribution in [2.24, 2.45) is 7.05 Å². The zero-order valence-corrected chi connectivity index (χ0v) is 19.1. The lowest BCUT2D eigenvalue weighted by Crippen LogP contribution is -2.06. The second-order valence-corrected chi connectivity index (χ2v) is 8.31. The predicted octanol–water partition coefficient (Wildman–Crippen LogP) is 5.90. The van der Waals surface area contributed by atoms with Gasteiger partial charge < -0.3 is 4.74 Å². The van der Waals surface area contributed by atoms with Crippen LogP contribution in [0.4, 0.5) is 0 Å². The van der Waals surface area contributed by atoms with E-state index in [4.69, 9.17) is 16.3 Å². The molecule has 0 saturated heterocycles. The molecule has 162 valence electrons. The maximum Gasteiger partial charge on any atom is 0.141 e. The first-order valence-electron chi connectivity index (χ1n) is 10.4. The maximum absolute atomic E-state index is 12.5. The van der Waals surface area contributed by atoms with Gasteiger partial charge in [0.15, 0.2) is 0 Å². The van der Waals surface area contributed by atoms with Gasteiger partial charge in [0, 0.05) is 48.4 Å². The molecule has 2 aromatic heterocycles. The molecule has 0 aliphatic heterocycles. The Morgan fingerprint density at radius 1 is 1.03 bits per heavy atom. The maximum atomic E-state index is 12.5. The van der Waals surface area contributed by atoms with Gasteiger partial charge in [-0.05, 0) is 54.8 Å². The molecule has 0 N–H and O–H groups in total. The Kier molecular flexibility index (Phi) is 6.37. The highest BCUT2D eigenvalue weighted by Gasteiger charge is 2.12. The Morgan fingerprint density at radius 2 is 1.75 bits per heavy atom. The Morgan fingerprint density at radius 3 is 2.44 bits per heavy atom. The zero-order valence-electron chi connectivity index (χ0n) is 18.3. The lowest BCUT2D eigenvalue weighted by molar-refractivity contribution is -0.117. The highest BCUT2D eigenvalue weighted by molar-refractivity contribution is 6.31. The summed E-state index contributed by atoms with van der Waals surface area (Å²) in [5, 5.41) is 4.93. The summed E-state index contributed by atoms with van der Waals surface area (Å²) in [7, 11) is 1.88. The number of aryl methyl sites for hydroxylation is 2. The van der Waals surface area contributed by atoms with Crippen molar-refractivity contribution < 1.29 is 9.53 Å². The topological polar surface area (TPSA) is 57.0 Å². The number of nitrogens with zero attached hydrogens (tertiary/aromatic N) is 3. The van der Waals surface area contributed by atoms with E-state index >= 15 is 0 Å². The Hall–Kier alpha value is -3.44. The van der Waals surface area contributed by atoms with Gasteiger partial charge in [-0.3, -0.25) is 14.5 Å². The molecule has 2 heterocycles. The average Bonchev–Trinajstić information content (AvgIpc) is 3.19. The highest BCUT2D eigenvalue weighted by atomic mass is 35.5. The summed E-state index contributed by atoms with van der Waals surface area (Å²) in [6, 6.07) is 15.2. The van der Waals surface area contributed by atoms with Crippen LogP contribution in [-0.2, 0) is 24.7 Å². The monoisotopic (exact) mass is 445 g/mol. The molecule has 0 aliphatic carbocycles. The summed E-state index contributed by atoms with van der Waals surface area (Å²) in [4.78, 5) is 17.0. The number of halogens is 1. The molecule has 5 nitrogen and oxygen atoms in total. The predicted molar refractivity (Wildman–Crippen MR) is 126 cm³/mol. The van der Waals surface area contributed by atoms with Gasteiger partial charge in [0.25, 0.3) is 0 Å². The molecule has 0 radical (unpaired) electrons. The van der Waals surface area contributed by atoms with Crippen molar-refractivity contribution in [3.63, 3.8) is 0 Å². The smallest absolute Gasteiger partial charge is 0.141 e. The van der Waals surface area contributed by atoms with E-state index in [0.717, 1.165) is 39.3 Å². The average molecular weight is 446 g/mol. The summed E-state index contributed by atoms with van der Waals surface area (Å²) in [6.07, 6.45) is 6.22. The van der Waals surface area contributed by atoms with Gasteiger partial charge in [0.05, 0.1) is 11.9 Å². The van der Waals surface area contributed by atoms with E-state index in [0.29, 0.717) is 23.6 Å². The van der Waals surface area contributed by atoms with Gasteiger partial charge >= 0.3 is 0 Å². The van der Waals surface area contributed by atoms with Crippen LogP contribution in [0.3, 0.4) is 0 Å². The van der Waals surface area contributed by atoms with E-state index in [1.54, 1.807) is 17.1 Å². The number of benzene rings is 2. The molecule has 0 unspecified atom stereocenters. The van der Waals surface area contributed by atoms with E-state index in [-0.39, 0.29) is 5.78 Å². The number of hydrogen-bond acceptors (Lipinski definition) is 4. The number of ketones is 1. The minimum absolute atomic E-state index is 0.159. The Bertz CT molecular complexity index is 1260. The molecule has 0 aliphatic rings. The van der Waals surface area contributed by atoms with Crippen LogP contribution < -0.4 is 4.74 Å². The molecule has 0 atom stereocenters. The van der Waals surface area contributed by atoms with Crippen molar-refractivity contribution in [1.29, 1.82) is 0 Å². The van der Waals surface area contributed by atoms with Crippen molar-refractivity contribution in [2.45, 2.75) is 26.7 Å². The number of ether oxygens (including phenoxy) is 1. The Balaban J connectivity index is 1.42. The fourth-order valence-corrected chi connectivity index (χ4v) is 3.72. The molecule has 0 fully saturated rings. The minimum Gasteiger partial charge on any atom is -0.457 e. The number of carbonyl (C=O) groups is 1. The second-order valence-electron chi connectivity index (χ2n) is 7.91.